The lowest BCUT2D eigenvalue weighted by molar-refractivity contribution is -0.137. The van der Waals surface area contributed by atoms with Gasteiger partial charge in [0, 0.05) is 33.1 Å². The van der Waals surface area contributed by atoms with Crippen molar-refractivity contribution in [3.05, 3.63) is 0 Å². The van der Waals surface area contributed by atoms with Crippen LogP contribution in [0.1, 0.15) is 13.8 Å². The van der Waals surface area contributed by atoms with Crippen LogP contribution in [0.2, 0.25) is 0 Å². The summed E-state index contributed by atoms with van der Waals surface area (Å²) in [5.41, 5.74) is 0. The van der Waals surface area contributed by atoms with Gasteiger partial charge in [0.05, 0.1) is 0 Å². The Morgan fingerprint density at radius 2 is 1.57 bits per heavy atom. The normalized spacial score (nSPS) is 19.4. The fourth-order valence-electron chi connectivity index (χ4n) is 1.49. The van der Waals surface area contributed by atoms with Crippen LogP contribution in [0, 0.1) is 0 Å². The molecule has 1 fully saturated rings. The fourth-order valence-corrected chi connectivity index (χ4v) is 1.63. The smallest absolute Gasteiger partial charge is 0.240 e. The van der Waals surface area contributed by atoms with Crippen molar-refractivity contribution in [2.45, 2.75) is 19.2 Å². The first-order chi connectivity index (χ1) is 6.52. The number of alkyl halides is 1. The van der Waals surface area contributed by atoms with E-state index in [4.69, 9.17) is 11.6 Å². The number of halogens is 1. The average molecular weight is 219 g/mol. The van der Waals surface area contributed by atoms with Gasteiger partial charge in [0.1, 0.15) is 5.38 Å². The highest BCUT2D eigenvalue weighted by atomic mass is 35.5. The molecule has 0 N–H and O–H groups in total. The van der Waals surface area contributed by atoms with Gasteiger partial charge in [-0.1, -0.05) is 0 Å². The summed E-state index contributed by atoms with van der Waals surface area (Å²) in [4.78, 5) is 25.9. The van der Waals surface area contributed by atoms with Gasteiger partial charge in [0.2, 0.25) is 11.8 Å². The van der Waals surface area contributed by atoms with E-state index in [2.05, 4.69) is 0 Å². The van der Waals surface area contributed by atoms with Gasteiger partial charge in [-0.15, -0.1) is 11.6 Å². The van der Waals surface area contributed by atoms with E-state index in [9.17, 15) is 9.59 Å². The highest BCUT2D eigenvalue weighted by Gasteiger charge is 2.24. The average Bonchev–Trinajstić information content (AvgIpc) is 2.16. The van der Waals surface area contributed by atoms with Crippen molar-refractivity contribution < 1.29 is 9.59 Å². The predicted molar refractivity (Wildman–Crippen MR) is 54.1 cm³/mol. The number of hydrogen-bond donors (Lipinski definition) is 0. The van der Waals surface area contributed by atoms with Crippen LogP contribution >= 0.6 is 11.6 Å². The predicted octanol–water partition coefficient (Wildman–Crippen LogP) is 0.304. The Morgan fingerprint density at radius 3 is 1.93 bits per heavy atom. The van der Waals surface area contributed by atoms with Gasteiger partial charge in [-0.25, -0.2) is 0 Å². The minimum absolute atomic E-state index is 0.0464. The Morgan fingerprint density at radius 1 is 1.14 bits per heavy atom. The molecular weight excluding hydrogens is 204 g/mol. The highest BCUT2D eigenvalue weighted by molar-refractivity contribution is 6.30. The molecule has 0 bridgehead atoms. The third-order valence-electron chi connectivity index (χ3n) is 2.38. The van der Waals surface area contributed by atoms with Crippen molar-refractivity contribution in [3.8, 4) is 0 Å². The van der Waals surface area contributed by atoms with Gasteiger partial charge in [0.25, 0.3) is 0 Å². The zero-order chi connectivity index (χ0) is 10.7. The van der Waals surface area contributed by atoms with E-state index in [0.29, 0.717) is 26.2 Å². The molecule has 1 aliphatic rings. The molecule has 1 rings (SSSR count). The first-order valence-corrected chi connectivity index (χ1v) is 5.14. The third-order valence-corrected chi connectivity index (χ3v) is 2.56. The Hall–Kier alpha value is -0.770. The molecule has 0 saturated carbocycles. The molecule has 0 aliphatic carbocycles. The molecule has 0 aromatic heterocycles. The molecule has 0 spiro atoms. The minimum atomic E-state index is -0.473. The van der Waals surface area contributed by atoms with E-state index in [-0.39, 0.29) is 11.8 Å². The van der Waals surface area contributed by atoms with Crippen LogP contribution < -0.4 is 0 Å². The van der Waals surface area contributed by atoms with Crippen molar-refractivity contribution in [1.29, 1.82) is 0 Å². The van der Waals surface area contributed by atoms with Gasteiger partial charge in [-0.3, -0.25) is 9.59 Å². The van der Waals surface area contributed by atoms with E-state index >= 15 is 0 Å². The molecular formula is C9H15ClN2O2. The number of rotatable bonds is 1. The molecule has 0 radical (unpaired) electrons. The standard InChI is InChI=1S/C9H15ClN2O2/c1-7(10)9(14)12-5-3-11(4-6-12)8(2)13/h7H,3-6H2,1-2H3/t7-/m1/s1. The lowest BCUT2D eigenvalue weighted by atomic mass is 10.3. The molecule has 4 nitrogen and oxygen atoms in total. The summed E-state index contributed by atoms with van der Waals surface area (Å²) in [5.74, 6) is 0.0193. The van der Waals surface area contributed by atoms with E-state index in [0.717, 1.165) is 0 Å². The molecule has 80 valence electrons. The van der Waals surface area contributed by atoms with E-state index < -0.39 is 5.38 Å². The minimum Gasteiger partial charge on any atom is -0.339 e. The first-order valence-electron chi connectivity index (χ1n) is 4.70. The second kappa shape index (κ2) is 4.64. The number of hydrogen-bond acceptors (Lipinski definition) is 2. The molecule has 1 atom stereocenters. The molecule has 1 saturated heterocycles. The lowest BCUT2D eigenvalue weighted by Gasteiger charge is -2.34. The second-order valence-electron chi connectivity index (χ2n) is 3.45. The summed E-state index contributed by atoms with van der Waals surface area (Å²) >= 11 is 5.69. The summed E-state index contributed by atoms with van der Waals surface area (Å²) < 4.78 is 0. The molecule has 0 aromatic carbocycles. The number of nitrogens with zero attached hydrogens (tertiary/aromatic N) is 2. The first kappa shape index (κ1) is 11.3. The fraction of sp³-hybridized carbons (Fsp3) is 0.778. The zero-order valence-electron chi connectivity index (χ0n) is 8.49. The SMILES string of the molecule is CC(=O)N1CCN(C(=O)[C@@H](C)Cl)CC1. The Bertz CT molecular complexity index is 235. The Kier molecular flexibility index (Phi) is 3.75. The van der Waals surface area contributed by atoms with Crippen LogP contribution in [0.15, 0.2) is 0 Å². The molecule has 2 amide bonds. The van der Waals surface area contributed by atoms with Crippen molar-refractivity contribution >= 4 is 23.4 Å². The topological polar surface area (TPSA) is 40.6 Å². The quantitative estimate of drug-likeness (QED) is 0.595. The molecule has 5 heteroatoms. The summed E-state index contributed by atoms with van der Waals surface area (Å²) in [6.07, 6.45) is 0. The van der Waals surface area contributed by atoms with E-state index in [1.807, 2.05) is 0 Å². The Balaban J connectivity index is 2.43. The number of piperazine rings is 1. The van der Waals surface area contributed by atoms with E-state index in [1.54, 1.807) is 23.6 Å². The Labute approximate surface area is 88.8 Å². The van der Waals surface area contributed by atoms with Gasteiger partial charge < -0.3 is 9.80 Å². The van der Waals surface area contributed by atoms with Crippen LogP contribution in [-0.2, 0) is 9.59 Å². The summed E-state index contributed by atoms with van der Waals surface area (Å²) in [5, 5.41) is -0.473. The van der Waals surface area contributed by atoms with Crippen LogP contribution in [-0.4, -0.2) is 53.2 Å². The van der Waals surface area contributed by atoms with Crippen molar-refractivity contribution in [2.24, 2.45) is 0 Å². The maximum atomic E-state index is 11.5. The third kappa shape index (κ3) is 2.61. The monoisotopic (exact) mass is 218 g/mol. The van der Waals surface area contributed by atoms with Gasteiger partial charge in [0.15, 0.2) is 0 Å². The van der Waals surface area contributed by atoms with E-state index in [1.165, 1.54) is 0 Å². The number of amides is 2. The molecule has 1 heterocycles. The summed E-state index contributed by atoms with van der Waals surface area (Å²) in [6, 6.07) is 0. The van der Waals surface area contributed by atoms with Crippen molar-refractivity contribution in [2.75, 3.05) is 26.2 Å². The number of carbonyl (C=O) groups excluding carboxylic acids is 2. The highest BCUT2D eigenvalue weighted by Crippen LogP contribution is 2.06. The number of carbonyl (C=O) groups is 2. The van der Waals surface area contributed by atoms with Gasteiger partial charge >= 0.3 is 0 Å². The van der Waals surface area contributed by atoms with Crippen molar-refractivity contribution in [1.82, 2.24) is 9.80 Å². The molecule has 1 aliphatic heterocycles. The molecule has 0 aromatic rings. The summed E-state index contributed by atoms with van der Waals surface area (Å²) in [6.45, 7) is 5.63. The second-order valence-corrected chi connectivity index (χ2v) is 4.10. The maximum absolute atomic E-state index is 11.5. The summed E-state index contributed by atoms with van der Waals surface area (Å²) in [7, 11) is 0. The van der Waals surface area contributed by atoms with Gasteiger partial charge in [-0.2, -0.15) is 0 Å². The van der Waals surface area contributed by atoms with Crippen LogP contribution in [0.5, 0.6) is 0 Å². The lowest BCUT2D eigenvalue weighted by Crippen LogP contribution is -2.51. The zero-order valence-corrected chi connectivity index (χ0v) is 9.25. The largest absolute Gasteiger partial charge is 0.339 e. The molecule has 14 heavy (non-hydrogen) atoms. The van der Waals surface area contributed by atoms with Crippen LogP contribution in [0.25, 0.3) is 0 Å². The van der Waals surface area contributed by atoms with Gasteiger partial charge in [-0.05, 0) is 6.92 Å². The van der Waals surface area contributed by atoms with Crippen LogP contribution in [0.3, 0.4) is 0 Å². The maximum Gasteiger partial charge on any atom is 0.240 e. The molecule has 0 unspecified atom stereocenters. The van der Waals surface area contributed by atoms with Crippen LogP contribution in [0.4, 0.5) is 0 Å². The van der Waals surface area contributed by atoms with Crippen molar-refractivity contribution in [3.63, 3.8) is 0 Å².